The van der Waals surface area contributed by atoms with Crippen molar-refractivity contribution in [3.8, 4) is 5.75 Å². The first-order valence-corrected chi connectivity index (χ1v) is 6.53. The van der Waals surface area contributed by atoms with E-state index >= 15 is 0 Å². The first-order valence-electron chi connectivity index (χ1n) is 6.53. The molecule has 2 heterocycles. The van der Waals surface area contributed by atoms with Gasteiger partial charge in [0, 0.05) is 24.2 Å². The minimum atomic E-state index is 0.103. The second-order valence-corrected chi connectivity index (χ2v) is 5.37. The van der Waals surface area contributed by atoms with Crippen molar-refractivity contribution in [1.82, 2.24) is 9.88 Å². The third-order valence-electron chi connectivity index (χ3n) is 4.18. The van der Waals surface area contributed by atoms with Crippen LogP contribution in [-0.2, 0) is 12.6 Å². The quantitative estimate of drug-likeness (QED) is 0.879. The summed E-state index contributed by atoms with van der Waals surface area (Å²) in [6.07, 6.45) is 4.55. The van der Waals surface area contributed by atoms with Crippen LogP contribution in [0.3, 0.4) is 0 Å². The Bertz CT molecular complexity index is 579. The van der Waals surface area contributed by atoms with E-state index in [1.54, 1.807) is 7.11 Å². The zero-order chi connectivity index (χ0) is 12.8. The van der Waals surface area contributed by atoms with Crippen LogP contribution in [-0.4, -0.2) is 18.2 Å². The molecule has 3 rings (SSSR count). The molecule has 18 heavy (non-hydrogen) atoms. The Kier molecular flexibility index (Phi) is 2.59. The monoisotopic (exact) mass is 244 g/mol. The zero-order valence-corrected chi connectivity index (χ0v) is 11.3. The van der Waals surface area contributed by atoms with E-state index < -0.39 is 0 Å². The normalized spacial score (nSPS) is 23.7. The second-order valence-electron chi connectivity index (χ2n) is 5.37. The van der Waals surface area contributed by atoms with Gasteiger partial charge in [0.05, 0.1) is 12.6 Å². The molecule has 3 nitrogen and oxygen atoms in total. The largest absolute Gasteiger partial charge is 0.495 e. The molecular formula is C15H20N2O. The second kappa shape index (κ2) is 4.02. The van der Waals surface area contributed by atoms with Gasteiger partial charge in [-0.15, -0.1) is 0 Å². The van der Waals surface area contributed by atoms with Gasteiger partial charge in [0.25, 0.3) is 0 Å². The molecule has 1 fully saturated rings. The van der Waals surface area contributed by atoms with Gasteiger partial charge in [0.1, 0.15) is 5.75 Å². The van der Waals surface area contributed by atoms with E-state index in [0.717, 1.165) is 12.3 Å². The van der Waals surface area contributed by atoms with Gasteiger partial charge in [-0.3, -0.25) is 0 Å². The molecule has 0 saturated carbocycles. The third kappa shape index (κ3) is 1.54. The zero-order valence-electron chi connectivity index (χ0n) is 11.3. The van der Waals surface area contributed by atoms with Crippen molar-refractivity contribution in [1.29, 1.82) is 0 Å². The molecule has 1 aliphatic heterocycles. The van der Waals surface area contributed by atoms with Gasteiger partial charge >= 0.3 is 0 Å². The molecule has 1 unspecified atom stereocenters. The van der Waals surface area contributed by atoms with Crippen molar-refractivity contribution in [2.45, 2.75) is 25.3 Å². The molecule has 0 amide bonds. The molecule has 1 N–H and O–H groups in total. The summed E-state index contributed by atoms with van der Waals surface area (Å²) in [5.74, 6) is 0.947. The third-order valence-corrected chi connectivity index (χ3v) is 4.18. The van der Waals surface area contributed by atoms with E-state index in [1.807, 2.05) is 0 Å². The number of hydrogen-bond acceptors (Lipinski definition) is 2. The minimum absolute atomic E-state index is 0.103. The molecule has 0 aliphatic carbocycles. The van der Waals surface area contributed by atoms with Crippen LogP contribution in [0.2, 0.25) is 0 Å². The number of fused-ring (bicyclic) bond motifs is 1. The molecule has 1 aromatic carbocycles. The Labute approximate surface area is 108 Å². The lowest BCUT2D eigenvalue weighted by Gasteiger charge is -2.26. The maximum absolute atomic E-state index is 5.48. The Balaban J connectivity index is 2.25. The van der Waals surface area contributed by atoms with Crippen LogP contribution in [0.5, 0.6) is 5.75 Å². The standard InChI is InChI=1S/C15H20N2O/c1-15(8-4-9-16-15)12-5-6-13(18-3)14-11(12)7-10-17(14)2/h5-7,10,16H,4,8-9H2,1-3H3. The number of methoxy groups -OCH3 is 1. The van der Waals surface area contributed by atoms with Crippen molar-refractivity contribution in [3.05, 3.63) is 30.0 Å². The number of rotatable bonds is 2. The van der Waals surface area contributed by atoms with E-state index in [1.165, 1.54) is 29.3 Å². The summed E-state index contributed by atoms with van der Waals surface area (Å²) in [7, 11) is 3.80. The fourth-order valence-electron chi connectivity index (χ4n) is 3.15. The highest BCUT2D eigenvalue weighted by molar-refractivity contribution is 5.89. The van der Waals surface area contributed by atoms with E-state index in [2.05, 4.69) is 48.3 Å². The highest BCUT2D eigenvalue weighted by Crippen LogP contribution is 2.38. The Morgan fingerprint density at radius 2 is 2.17 bits per heavy atom. The lowest BCUT2D eigenvalue weighted by Crippen LogP contribution is -2.33. The molecule has 96 valence electrons. The van der Waals surface area contributed by atoms with Gasteiger partial charge in [-0.25, -0.2) is 0 Å². The first-order chi connectivity index (χ1) is 8.65. The minimum Gasteiger partial charge on any atom is -0.495 e. The summed E-state index contributed by atoms with van der Waals surface area (Å²) >= 11 is 0. The highest BCUT2D eigenvalue weighted by Gasteiger charge is 2.32. The smallest absolute Gasteiger partial charge is 0.143 e. The number of ether oxygens (including phenoxy) is 1. The van der Waals surface area contributed by atoms with Gasteiger partial charge in [0.15, 0.2) is 0 Å². The Hall–Kier alpha value is -1.48. The van der Waals surface area contributed by atoms with E-state index in [0.29, 0.717) is 0 Å². The SMILES string of the molecule is COc1ccc(C2(C)CCCN2)c2ccn(C)c12. The highest BCUT2D eigenvalue weighted by atomic mass is 16.5. The topological polar surface area (TPSA) is 26.2 Å². The number of aromatic nitrogens is 1. The maximum Gasteiger partial charge on any atom is 0.143 e. The Morgan fingerprint density at radius 3 is 2.83 bits per heavy atom. The summed E-state index contributed by atoms with van der Waals surface area (Å²) < 4.78 is 7.61. The lowest BCUT2D eigenvalue weighted by molar-refractivity contribution is 0.415. The summed E-state index contributed by atoms with van der Waals surface area (Å²) in [5, 5.41) is 4.94. The molecule has 0 radical (unpaired) electrons. The van der Waals surface area contributed by atoms with Crippen LogP contribution < -0.4 is 10.1 Å². The summed E-state index contributed by atoms with van der Waals surface area (Å²) in [5.41, 5.74) is 2.67. The van der Waals surface area contributed by atoms with Gasteiger partial charge in [-0.2, -0.15) is 0 Å². The van der Waals surface area contributed by atoms with E-state index in [-0.39, 0.29) is 5.54 Å². The van der Waals surface area contributed by atoms with E-state index in [4.69, 9.17) is 4.74 Å². The molecular weight excluding hydrogens is 224 g/mol. The number of nitrogens with one attached hydrogen (secondary N) is 1. The van der Waals surface area contributed by atoms with Crippen LogP contribution in [0.4, 0.5) is 0 Å². The van der Waals surface area contributed by atoms with Gasteiger partial charge in [-0.05, 0) is 44.0 Å². The predicted octanol–water partition coefficient (Wildman–Crippen LogP) is 2.79. The molecule has 1 aliphatic rings. The van der Waals surface area contributed by atoms with Crippen molar-refractivity contribution in [3.63, 3.8) is 0 Å². The summed E-state index contributed by atoms with van der Waals surface area (Å²) in [4.78, 5) is 0. The van der Waals surface area contributed by atoms with Crippen LogP contribution in [0.1, 0.15) is 25.3 Å². The average molecular weight is 244 g/mol. The fourth-order valence-corrected chi connectivity index (χ4v) is 3.15. The number of hydrogen-bond donors (Lipinski definition) is 1. The number of benzene rings is 1. The lowest BCUT2D eigenvalue weighted by atomic mass is 9.88. The number of nitrogens with zero attached hydrogens (tertiary/aromatic N) is 1. The van der Waals surface area contributed by atoms with Crippen LogP contribution in [0.25, 0.3) is 10.9 Å². The molecule has 0 spiro atoms. The number of aryl methyl sites for hydroxylation is 1. The van der Waals surface area contributed by atoms with Crippen molar-refractivity contribution in [2.24, 2.45) is 7.05 Å². The summed E-state index contributed by atoms with van der Waals surface area (Å²) in [6.45, 7) is 3.41. The predicted molar refractivity (Wildman–Crippen MR) is 74.1 cm³/mol. The maximum atomic E-state index is 5.48. The van der Waals surface area contributed by atoms with Crippen molar-refractivity contribution >= 4 is 10.9 Å². The molecule has 2 aromatic rings. The van der Waals surface area contributed by atoms with E-state index in [9.17, 15) is 0 Å². The summed E-state index contributed by atoms with van der Waals surface area (Å²) in [6, 6.07) is 6.49. The van der Waals surface area contributed by atoms with Crippen LogP contribution in [0, 0.1) is 0 Å². The molecule has 1 aromatic heterocycles. The van der Waals surface area contributed by atoms with Gasteiger partial charge in [-0.1, -0.05) is 6.07 Å². The van der Waals surface area contributed by atoms with Gasteiger partial charge < -0.3 is 14.6 Å². The fraction of sp³-hybridized carbons (Fsp3) is 0.467. The average Bonchev–Trinajstić information content (AvgIpc) is 2.97. The molecule has 0 bridgehead atoms. The van der Waals surface area contributed by atoms with Gasteiger partial charge in [0.2, 0.25) is 0 Å². The van der Waals surface area contributed by atoms with Crippen LogP contribution >= 0.6 is 0 Å². The molecule has 1 atom stereocenters. The van der Waals surface area contributed by atoms with Crippen LogP contribution in [0.15, 0.2) is 24.4 Å². The van der Waals surface area contributed by atoms with Crippen molar-refractivity contribution < 1.29 is 4.74 Å². The molecule has 1 saturated heterocycles. The Morgan fingerprint density at radius 1 is 1.33 bits per heavy atom. The first kappa shape index (κ1) is 11.6. The van der Waals surface area contributed by atoms with Crippen molar-refractivity contribution in [2.75, 3.05) is 13.7 Å². The molecule has 3 heteroatoms.